The molecule has 0 bridgehead atoms. The molecule has 0 radical (unpaired) electrons. The predicted octanol–water partition coefficient (Wildman–Crippen LogP) is 3.10. The second-order valence-corrected chi connectivity index (χ2v) is 9.07. The zero-order valence-corrected chi connectivity index (χ0v) is 19.6. The molecule has 0 aromatic heterocycles. The molecule has 0 unspecified atom stereocenters. The van der Waals surface area contributed by atoms with Crippen molar-refractivity contribution in [3.05, 3.63) is 35.1 Å². The minimum absolute atomic E-state index is 0.208. The van der Waals surface area contributed by atoms with E-state index in [1.165, 1.54) is 6.33 Å². The average Bonchev–Trinajstić information content (AvgIpc) is 3.32. The Balaban J connectivity index is 1.28. The van der Waals surface area contributed by atoms with Crippen molar-refractivity contribution in [1.29, 1.82) is 0 Å². The Kier molecular flexibility index (Phi) is 7.11. The summed E-state index contributed by atoms with van der Waals surface area (Å²) in [6.45, 7) is 4.08. The summed E-state index contributed by atoms with van der Waals surface area (Å²) in [5.74, 6) is 8.22. The maximum Gasteiger partial charge on any atom is 0.208 e. The van der Waals surface area contributed by atoms with Gasteiger partial charge in [0.15, 0.2) is 11.6 Å². The highest BCUT2D eigenvalue weighted by molar-refractivity contribution is 6.33. The van der Waals surface area contributed by atoms with E-state index < -0.39 is 0 Å². The molecule has 0 amide bonds. The van der Waals surface area contributed by atoms with Gasteiger partial charge in [0.05, 0.1) is 36.6 Å². The van der Waals surface area contributed by atoms with Gasteiger partial charge in [-0.2, -0.15) is 4.98 Å². The van der Waals surface area contributed by atoms with Crippen LogP contribution in [-0.4, -0.2) is 74.9 Å². The largest absolute Gasteiger partial charge is 0.393 e. The first-order valence-corrected chi connectivity index (χ1v) is 12.0. The summed E-state index contributed by atoms with van der Waals surface area (Å²) in [6, 6.07) is 5.93. The van der Waals surface area contributed by atoms with E-state index in [4.69, 9.17) is 21.3 Å². The van der Waals surface area contributed by atoms with Crippen LogP contribution >= 0.6 is 11.6 Å². The SMILES string of the molecule is OC1CCC(Nc2nc(Nc3ccc(C#CCN4CCOCC4)cc3Cl)[nH]c3ncnc2-3)CC1. The number of fused-ring (bicyclic) bond motifs is 1. The van der Waals surface area contributed by atoms with Crippen LogP contribution in [0.3, 0.4) is 0 Å². The van der Waals surface area contributed by atoms with Crippen molar-refractivity contribution in [2.45, 2.75) is 37.8 Å². The Labute approximate surface area is 203 Å². The summed E-state index contributed by atoms with van der Waals surface area (Å²) >= 11 is 6.55. The molecule has 1 aromatic carbocycles. The van der Waals surface area contributed by atoms with Gasteiger partial charge in [-0.05, 0) is 43.9 Å². The molecular weight excluding hydrogens is 454 g/mol. The number of halogens is 1. The van der Waals surface area contributed by atoms with E-state index in [0.29, 0.717) is 28.3 Å². The lowest BCUT2D eigenvalue weighted by atomic mass is 9.93. The lowest BCUT2D eigenvalue weighted by molar-refractivity contribution is 0.0443. The van der Waals surface area contributed by atoms with Gasteiger partial charge in [-0.25, -0.2) is 9.97 Å². The van der Waals surface area contributed by atoms with Crippen LogP contribution in [-0.2, 0) is 4.74 Å². The molecule has 3 aliphatic heterocycles. The van der Waals surface area contributed by atoms with Crippen molar-refractivity contribution < 1.29 is 9.84 Å². The summed E-state index contributed by atoms with van der Waals surface area (Å²) in [4.78, 5) is 18.8. The molecule has 0 atom stereocenters. The van der Waals surface area contributed by atoms with Crippen molar-refractivity contribution in [2.75, 3.05) is 43.5 Å². The van der Waals surface area contributed by atoms with Gasteiger partial charge in [-0.1, -0.05) is 23.4 Å². The molecule has 178 valence electrons. The van der Waals surface area contributed by atoms with Gasteiger partial charge < -0.3 is 25.5 Å². The van der Waals surface area contributed by atoms with Crippen LogP contribution in [0, 0.1) is 11.8 Å². The van der Waals surface area contributed by atoms with E-state index in [-0.39, 0.29) is 12.1 Å². The number of benzene rings is 1. The van der Waals surface area contributed by atoms with Crippen molar-refractivity contribution in [2.24, 2.45) is 0 Å². The summed E-state index contributed by atoms with van der Waals surface area (Å²) < 4.78 is 5.37. The summed E-state index contributed by atoms with van der Waals surface area (Å²) in [7, 11) is 0. The molecule has 1 aromatic rings. The smallest absolute Gasteiger partial charge is 0.208 e. The second-order valence-electron chi connectivity index (χ2n) is 8.66. The molecule has 1 saturated heterocycles. The molecular formula is C24H28ClN7O2. The number of rotatable bonds is 5. The molecule has 10 heteroatoms. The van der Waals surface area contributed by atoms with Crippen LogP contribution in [0.5, 0.6) is 0 Å². The Morgan fingerprint density at radius 1 is 1.18 bits per heavy atom. The highest BCUT2D eigenvalue weighted by Crippen LogP contribution is 2.31. The maximum absolute atomic E-state index is 9.78. The lowest BCUT2D eigenvalue weighted by Crippen LogP contribution is -2.36. The first-order chi connectivity index (χ1) is 16.6. The molecule has 9 nitrogen and oxygen atoms in total. The first-order valence-electron chi connectivity index (χ1n) is 11.6. The van der Waals surface area contributed by atoms with Crippen molar-refractivity contribution >= 4 is 29.1 Å². The van der Waals surface area contributed by atoms with Gasteiger partial charge in [0.25, 0.3) is 0 Å². The van der Waals surface area contributed by atoms with Crippen LogP contribution in [0.2, 0.25) is 5.02 Å². The van der Waals surface area contributed by atoms with E-state index in [9.17, 15) is 5.11 Å². The van der Waals surface area contributed by atoms with Crippen LogP contribution in [0.25, 0.3) is 11.5 Å². The van der Waals surface area contributed by atoms with Gasteiger partial charge in [0.1, 0.15) is 12.0 Å². The third kappa shape index (κ3) is 5.59. The van der Waals surface area contributed by atoms with E-state index in [2.05, 4.69) is 42.3 Å². The molecule has 1 aliphatic carbocycles. The van der Waals surface area contributed by atoms with Gasteiger partial charge in [0, 0.05) is 24.7 Å². The predicted molar refractivity (Wildman–Crippen MR) is 132 cm³/mol. The number of aliphatic hydroxyl groups is 1. The number of aromatic nitrogens is 4. The third-order valence-corrected chi connectivity index (χ3v) is 6.49. The van der Waals surface area contributed by atoms with Crippen molar-refractivity contribution in [3.63, 3.8) is 0 Å². The van der Waals surface area contributed by atoms with Gasteiger partial charge >= 0.3 is 0 Å². The molecule has 3 heterocycles. The number of hydrogen-bond donors (Lipinski definition) is 4. The highest BCUT2D eigenvalue weighted by Gasteiger charge is 2.23. The van der Waals surface area contributed by atoms with Gasteiger partial charge in [0.2, 0.25) is 5.95 Å². The molecule has 0 spiro atoms. The zero-order valence-electron chi connectivity index (χ0n) is 18.9. The van der Waals surface area contributed by atoms with Crippen LogP contribution in [0.4, 0.5) is 17.5 Å². The quantitative estimate of drug-likeness (QED) is 0.411. The third-order valence-electron chi connectivity index (χ3n) is 6.18. The molecule has 34 heavy (non-hydrogen) atoms. The number of H-pyrrole nitrogens is 1. The number of nitrogens with one attached hydrogen (secondary N) is 3. The Morgan fingerprint density at radius 2 is 2.00 bits per heavy atom. The summed E-state index contributed by atoms with van der Waals surface area (Å²) in [6.07, 6.45) is 4.66. The molecule has 2 fully saturated rings. The topological polar surface area (TPSA) is 111 Å². The minimum Gasteiger partial charge on any atom is -0.393 e. The molecule has 4 aliphatic rings. The molecule has 1 saturated carbocycles. The fourth-order valence-corrected chi connectivity index (χ4v) is 4.47. The van der Waals surface area contributed by atoms with Crippen LogP contribution in [0.15, 0.2) is 24.5 Å². The van der Waals surface area contributed by atoms with Crippen LogP contribution < -0.4 is 10.6 Å². The van der Waals surface area contributed by atoms with Gasteiger partial charge in [-0.15, -0.1) is 0 Å². The monoisotopic (exact) mass is 481 g/mol. The standard InChI is InChI=1S/C24H28ClN7O2/c25-19-14-16(2-1-9-32-10-12-34-13-11-32)3-8-20(19)29-24-30-22-21(26-15-27-22)23(31-24)28-17-4-6-18(33)7-5-17/h3,8,14-15,17-18,33H,4-7,9-13H2,(H3,26,27,28,29,30,31). The van der Waals surface area contributed by atoms with E-state index in [1.807, 2.05) is 18.2 Å². The Bertz CT molecular complexity index is 1140. The maximum atomic E-state index is 9.78. The number of imidazole rings is 1. The fraction of sp³-hybridized carbons (Fsp3) is 0.458. The van der Waals surface area contributed by atoms with E-state index in [1.54, 1.807) is 0 Å². The minimum atomic E-state index is -0.208. The zero-order chi connectivity index (χ0) is 23.3. The number of aliphatic hydroxyl groups excluding tert-OH is 1. The summed E-state index contributed by atoms with van der Waals surface area (Å²) in [5.41, 5.74) is 2.27. The first kappa shape index (κ1) is 22.9. The average molecular weight is 482 g/mol. The number of hydrogen-bond acceptors (Lipinski definition) is 8. The van der Waals surface area contributed by atoms with Crippen molar-refractivity contribution in [3.8, 4) is 23.4 Å². The molecule has 5 rings (SSSR count). The van der Waals surface area contributed by atoms with Crippen LogP contribution in [0.1, 0.15) is 31.2 Å². The molecule has 4 N–H and O–H groups in total. The second kappa shape index (κ2) is 10.6. The Hall–Kier alpha value is -2.90. The number of ether oxygens (including phenoxy) is 1. The summed E-state index contributed by atoms with van der Waals surface area (Å²) in [5, 5.41) is 17.1. The number of aromatic amines is 1. The van der Waals surface area contributed by atoms with E-state index in [0.717, 1.165) is 69.8 Å². The Morgan fingerprint density at radius 3 is 2.79 bits per heavy atom. The van der Waals surface area contributed by atoms with E-state index >= 15 is 0 Å². The normalized spacial score (nSPS) is 21.1. The number of morpholine rings is 1. The number of anilines is 3. The lowest BCUT2D eigenvalue weighted by Gasteiger charge is -2.27. The highest BCUT2D eigenvalue weighted by atomic mass is 35.5. The fourth-order valence-electron chi connectivity index (χ4n) is 4.24. The van der Waals surface area contributed by atoms with Crippen molar-refractivity contribution in [1.82, 2.24) is 24.8 Å². The number of nitrogens with zero attached hydrogens (tertiary/aromatic N) is 4. The van der Waals surface area contributed by atoms with Gasteiger partial charge in [-0.3, -0.25) is 4.90 Å².